The Hall–Kier alpha value is -1.41. The van der Waals surface area contributed by atoms with Gasteiger partial charge in [-0.15, -0.1) is 6.58 Å². The number of carbonyl (C=O) groups excluding carboxylic acids is 1. The van der Waals surface area contributed by atoms with Crippen LogP contribution in [0.25, 0.3) is 0 Å². The lowest BCUT2D eigenvalue weighted by molar-refractivity contribution is -0.129. The van der Waals surface area contributed by atoms with Crippen LogP contribution >= 0.6 is 0 Å². The molecule has 2 unspecified atom stereocenters. The summed E-state index contributed by atoms with van der Waals surface area (Å²) in [7, 11) is 0. The van der Waals surface area contributed by atoms with Crippen molar-refractivity contribution in [2.24, 2.45) is 5.92 Å². The second-order valence-corrected chi connectivity index (χ2v) is 5.28. The summed E-state index contributed by atoms with van der Waals surface area (Å²) in [6.45, 7) is 8.69. The first-order valence-corrected chi connectivity index (χ1v) is 6.26. The third kappa shape index (κ3) is 3.54. The van der Waals surface area contributed by atoms with Crippen molar-refractivity contribution in [1.82, 2.24) is 0 Å². The summed E-state index contributed by atoms with van der Waals surface area (Å²) < 4.78 is 0. The number of carbonyl (C=O) groups is 1. The maximum Gasteiger partial charge on any atom is 0.136 e. The van der Waals surface area contributed by atoms with Gasteiger partial charge in [0.05, 0.1) is 11.5 Å². The number of Topliss-reactive ketones (excluding diaryl/α,β-unsaturated/α-hetero) is 1. The molecule has 0 saturated carbocycles. The number of aliphatic hydroxyl groups is 1. The number of allylic oxidation sites excluding steroid dienone is 1. The van der Waals surface area contributed by atoms with E-state index in [0.29, 0.717) is 6.42 Å². The molecule has 0 saturated heterocycles. The highest BCUT2D eigenvalue weighted by atomic mass is 16.3. The highest BCUT2D eigenvalue weighted by Gasteiger charge is 2.37. The van der Waals surface area contributed by atoms with Crippen molar-refractivity contribution < 1.29 is 9.90 Å². The molecule has 0 amide bonds. The predicted octanol–water partition coefficient (Wildman–Crippen LogP) is 3.32. The molecule has 98 valence electrons. The van der Waals surface area contributed by atoms with E-state index >= 15 is 0 Å². The van der Waals surface area contributed by atoms with Gasteiger partial charge in [-0.3, -0.25) is 4.79 Å². The van der Waals surface area contributed by atoms with Crippen LogP contribution in [-0.2, 0) is 4.79 Å². The van der Waals surface area contributed by atoms with Crippen LogP contribution in [0.5, 0.6) is 0 Å². The summed E-state index contributed by atoms with van der Waals surface area (Å²) in [6.07, 6.45) is 2.48. The number of rotatable bonds is 6. The van der Waals surface area contributed by atoms with Crippen molar-refractivity contribution in [2.45, 2.75) is 38.7 Å². The van der Waals surface area contributed by atoms with Crippen LogP contribution in [0.15, 0.2) is 43.0 Å². The summed E-state index contributed by atoms with van der Waals surface area (Å²) in [5, 5.41) is 10.3. The van der Waals surface area contributed by atoms with Crippen LogP contribution in [0.3, 0.4) is 0 Å². The number of benzene rings is 1. The van der Waals surface area contributed by atoms with Gasteiger partial charge in [0, 0.05) is 0 Å². The lowest BCUT2D eigenvalue weighted by Gasteiger charge is -2.34. The summed E-state index contributed by atoms with van der Waals surface area (Å²) in [6, 6.07) is 9.84. The Kier molecular flexibility index (Phi) is 4.85. The van der Waals surface area contributed by atoms with Gasteiger partial charge in [0.2, 0.25) is 0 Å². The van der Waals surface area contributed by atoms with Crippen molar-refractivity contribution in [3.63, 3.8) is 0 Å². The first-order chi connectivity index (χ1) is 8.38. The van der Waals surface area contributed by atoms with Gasteiger partial charge in [-0.05, 0) is 38.7 Å². The maximum absolute atomic E-state index is 11.9. The van der Waals surface area contributed by atoms with Gasteiger partial charge < -0.3 is 5.11 Å². The molecule has 1 aromatic carbocycles. The Morgan fingerprint density at radius 3 is 2.33 bits per heavy atom. The highest BCUT2D eigenvalue weighted by Crippen LogP contribution is 2.36. The van der Waals surface area contributed by atoms with E-state index in [0.717, 1.165) is 5.56 Å². The monoisotopic (exact) mass is 246 g/mol. The van der Waals surface area contributed by atoms with Crippen LogP contribution in [0, 0.1) is 5.92 Å². The SMILES string of the molecule is C=CCC(c1ccccc1)C(C(C)=O)C(C)(C)O. The predicted molar refractivity (Wildman–Crippen MR) is 74.5 cm³/mol. The van der Waals surface area contributed by atoms with Crippen molar-refractivity contribution in [3.8, 4) is 0 Å². The Morgan fingerprint density at radius 1 is 1.39 bits per heavy atom. The standard InChI is InChI=1S/C16H22O2/c1-5-9-14(13-10-7-6-8-11-13)15(12(2)17)16(3,4)18/h5-8,10-11,14-15,18H,1,9H2,2-4H3. The van der Waals surface area contributed by atoms with Crippen LogP contribution in [0.4, 0.5) is 0 Å². The van der Waals surface area contributed by atoms with Crippen LogP contribution in [0.2, 0.25) is 0 Å². The van der Waals surface area contributed by atoms with E-state index in [1.807, 2.05) is 30.3 Å². The molecule has 0 spiro atoms. The van der Waals surface area contributed by atoms with Crippen molar-refractivity contribution in [3.05, 3.63) is 48.6 Å². The molecule has 1 rings (SSSR count). The molecule has 0 heterocycles. The Balaban J connectivity index is 3.17. The molecule has 1 aromatic rings. The van der Waals surface area contributed by atoms with E-state index in [-0.39, 0.29) is 11.7 Å². The van der Waals surface area contributed by atoms with Crippen molar-refractivity contribution in [2.75, 3.05) is 0 Å². The number of ketones is 1. The van der Waals surface area contributed by atoms with Gasteiger partial charge in [-0.1, -0.05) is 36.4 Å². The summed E-state index contributed by atoms with van der Waals surface area (Å²) in [5.41, 5.74) is 0.0368. The van der Waals surface area contributed by atoms with Gasteiger partial charge in [0.1, 0.15) is 5.78 Å². The quantitative estimate of drug-likeness (QED) is 0.782. The molecule has 0 fully saturated rings. The molecule has 2 atom stereocenters. The molecule has 0 aliphatic rings. The zero-order valence-electron chi connectivity index (χ0n) is 11.4. The van der Waals surface area contributed by atoms with E-state index in [1.54, 1.807) is 26.8 Å². The van der Waals surface area contributed by atoms with E-state index in [1.165, 1.54) is 0 Å². The third-order valence-corrected chi connectivity index (χ3v) is 3.25. The minimum atomic E-state index is -1.03. The molecular formula is C16H22O2. The molecule has 1 N–H and O–H groups in total. The molecular weight excluding hydrogens is 224 g/mol. The van der Waals surface area contributed by atoms with Crippen molar-refractivity contribution in [1.29, 1.82) is 0 Å². The van der Waals surface area contributed by atoms with E-state index < -0.39 is 11.5 Å². The molecule has 18 heavy (non-hydrogen) atoms. The molecule has 2 nitrogen and oxygen atoms in total. The van der Waals surface area contributed by atoms with Crippen LogP contribution < -0.4 is 0 Å². The first kappa shape index (κ1) is 14.7. The minimum Gasteiger partial charge on any atom is -0.390 e. The van der Waals surface area contributed by atoms with E-state index in [9.17, 15) is 9.90 Å². The lowest BCUT2D eigenvalue weighted by atomic mass is 9.73. The number of hydrogen-bond acceptors (Lipinski definition) is 2. The lowest BCUT2D eigenvalue weighted by Crippen LogP contribution is -2.40. The third-order valence-electron chi connectivity index (χ3n) is 3.25. The average Bonchev–Trinajstić information content (AvgIpc) is 2.27. The Labute approximate surface area is 109 Å². The van der Waals surface area contributed by atoms with Crippen LogP contribution in [0.1, 0.15) is 38.7 Å². The fraction of sp³-hybridized carbons (Fsp3) is 0.438. The smallest absolute Gasteiger partial charge is 0.136 e. The fourth-order valence-electron chi connectivity index (χ4n) is 2.62. The maximum atomic E-state index is 11.9. The molecule has 0 bridgehead atoms. The fourth-order valence-corrected chi connectivity index (χ4v) is 2.62. The molecule has 0 aliphatic carbocycles. The topological polar surface area (TPSA) is 37.3 Å². The van der Waals surface area contributed by atoms with E-state index in [4.69, 9.17) is 0 Å². The zero-order valence-corrected chi connectivity index (χ0v) is 11.4. The summed E-state index contributed by atoms with van der Waals surface area (Å²) in [4.78, 5) is 11.9. The van der Waals surface area contributed by atoms with Gasteiger partial charge in [-0.2, -0.15) is 0 Å². The van der Waals surface area contributed by atoms with Gasteiger partial charge in [0.15, 0.2) is 0 Å². The van der Waals surface area contributed by atoms with E-state index in [2.05, 4.69) is 6.58 Å². The van der Waals surface area contributed by atoms with Gasteiger partial charge >= 0.3 is 0 Å². The van der Waals surface area contributed by atoms with Gasteiger partial charge in [0.25, 0.3) is 0 Å². The largest absolute Gasteiger partial charge is 0.390 e. The van der Waals surface area contributed by atoms with Crippen molar-refractivity contribution >= 4 is 5.78 Å². The molecule has 0 aromatic heterocycles. The summed E-state index contributed by atoms with van der Waals surface area (Å²) in [5.74, 6) is -0.433. The minimum absolute atomic E-state index is 0.0122. The van der Waals surface area contributed by atoms with Crippen LogP contribution in [-0.4, -0.2) is 16.5 Å². The first-order valence-electron chi connectivity index (χ1n) is 6.26. The second-order valence-electron chi connectivity index (χ2n) is 5.28. The normalized spacial score (nSPS) is 14.9. The molecule has 0 aliphatic heterocycles. The van der Waals surface area contributed by atoms with Gasteiger partial charge in [-0.25, -0.2) is 0 Å². The molecule has 2 heteroatoms. The second kappa shape index (κ2) is 5.96. The number of hydrogen-bond donors (Lipinski definition) is 1. The molecule has 0 radical (unpaired) electrons. The highest BCUT2D eigenvalue weighted by molar-refractivity contribution is 5.80. The zero-order chi connectivity index (χ0) is 13.8. The Morgan fingerprint density at radius 2 is 1.94 bits per heavy atom. The average molecular weight is 246 g/mol. The summed E-state index contributed by atoms with van der Waals surface area (Å²) >= 11 is 0. The Bertz CT molecular complexity index is 401.